The van der Waals surface area contributed by atoms with Gasteiger partial charge in [-0.25, -0.2) is 9.59 Å². The van der Waals surface area contributed by atoms with Crippen LogP contribution in [0.5, 0.6) is 17.2 Å². The molecule has 5 aliphatic rings. The van der Waals surface area contributed by atoms with Crippen molar-refractivity contribution in [2.75, 3.05) is 14.2 Å². The van der Waals surface area contributed by atoms with Gasteiger partial charge in [0.15, 0.2) is 17.8 Å². The van der Waals surface area contributed by atoms with Crippen LogP contribution in [0, 0.1) is 28.6 Å². The first-order valence-corrected chi connectivity index (χ1v) is 18.3. The number of rotatable bonds is 6. The lowest BCUT2D eigenvalue weighted by Crippen LogP contribution is -2.57. The highest BCUT2D eigenvalue weighted by Gasteiger charge is 2.78. The minimum Gasteiger partial charge on any atom is -0.497 e. The molecule has 2 aliphatic carbocycles. The quantitative estimate of drug-likeness (QED) is 0.160. The molecule has 0 N–H and O–H groups in total. The minimum atomic E-state index is -1.66. The van der Waals surface area contributed by atoms with Crippen LogP contribution in [-0.2, 0) is 38.1 Å². The fourth-order valence-corrected chi connectivity index (χ4v) is 9.92. The Bertz CT molecular complexity index is 2300. The Balaban J connectivity index is 1.35. The third-order valence-electron chi connectivity index (χ3n) is 14.6. The Kier molecular flexibility index (Phi) is 7.16. The van der Waals surface area contributed by atoms with E-state index in [9.17, 15) is 24.0 Å². The van der Waals surface area contributed by atoms with Crippen LogP contribution in [0.4, 0.5) is 0 Å². The van der Waals surface area contributed by atoms with Crippen LogP contribution in [0.15, 0.2) is 27.4 Å². The van der Waals surface area contributed by atoms with Gasteiger partial charge in [-0.3, -0.25) is 14.4 Å². The van der Waals surface area contributed by atoms with Gasteiger partial charge in [-0.2, -0.15) is 0 Å². The molecule has 3 aliphatic heterocycles. The molecular weight excluding hydrogens is 700 g/mol. The third-order valence-corrected chi connectivity index (χ3v) is 14.6. The molecule has 0 spiro atoms. The predicted octanol–water partition coefficient (Wildman–Crippen LogP) is 6.18. The number of esters is 4. The maximum atomic E-state index is 14.8. The highest BCUT2D eigenvalue weighted by molar-refractivity contribution is 5.99. The number of fused-ring (bicyclic) bond motifs is 8. The summed E-state index contributed by atoms with van der Waals surface area (Å²) in [6.45, 7) is 15.9. The fourth-order valence-electron chi connectivity index (χ4n) is 9.92. The number of carbonyl (C=O) groups is 4. The Morgan fingerprint density at radius 2 is 1.26 bits per heavy atom. The van der Waals surface area contributed by atoms with Crippen molar-refractivity contribution in [3.8, 4) is 17.2 Å². The number of hydrogen-bond donors (Lipinski definition) is 0. The van der Waals surface area contributed by atoms with E-state index >= 15 is 0 Å². The molecule has 54 heavy (non-hydrogen) atoms. The SMILES string of the molecule is COc1cc(C)c2c(=O)c3c(OC)cc4c(c3oc2c1)[C@@H](OC(=O)C12CC[C@@](C)(C(=O)O1)C2(C)C)[C@@H](OC(=O)C12CC[C@@](C)(C(=O)O1)C2(C)C)C(C)(C)O4. The normalized spacial score (nSPS) is 33.5. The zero-order chi connectivity index (χ0) is 39.3. The van der Waals surface area contributed by atoms with Crippen molar-refractivity contribution in [1.29, 1.82) is 0 Å². The average Bonchev–Trinajstić information content (AvgIpc) is 3.56. The van der Waals surface area contributed by atoms with Gasteiger partial charge >= 0.3 is 23.9 Å². The zero-order valence-electron chi connectivity index (χ0n) is 32.5. The Labute approximate surface area is 311 Å². The lowest BCUT2D eigenvalue weighted by Gasteiger charge is -2.46. The van der Waals surface area contributed by atoms with Crippen molar-refractivity contribution >= 4 is 45.8 Å². The molecule has 6 atom stereocenters. The van der Waals surface area contributed by atoms with Crippen molar-refractivity contribution in [3.05, 3.63) is 39.5 Å². The van der Waals surface area contributed by atoms with Gasteiger partial charge in [0, 0.05) is 23.0 Å². The second-order valence-electron chi connectivity index (χ2n) is 17.6. The summed E-state index contributed by atoms with van der Waals surface area (Å²) >= 11 is 0. The lowest BCUT2D eigenvalue weighted by molar-refractivity contribution is -0.217. The second-order valence-corrected chi connectivity index (χ2v) is 17.6. The van der Waals surface area contributed by atoms with E-state index in [0.29, 0.717) is 24.2 Å². The monoisotopic (exact) mass is 746 g/mol. The summed E-state index contributed by atoms with van der Waals surface area (Å²) < 4.78 is 49.1. The molecule has 2 saturated carbocycles. The van der Waals surface area contributed by atoms with Crippen molar-refractivity contribution < 1.29 is 56.8 Å². The minimum absolute atomic E-state index is 0.0282. The van der Waals surface area contributed by atoms with E-state index in [0.717, 1.165) is 0 Å². The van der Waals surface area contributed by atoms with E-state index in [2.05, 4.69) is 0 Å². The van der Waals surface area contributed by atoms with Gasteiger partial charge in [0.1, 0.15) is 33.8 Å². The van der Waals surface area contributed by atoms with Crippen LogP contribution in [0.2, 0.25) is 0 Å². The number of benzene rings is 2. The first-order chi connectivity index (χ1) is 25.1. The molecule has 2 unspecified atom stereocenters. The lowest BCUT2D eigenvalue weighted by atomic mass is 9.66. The van der Waals surface area contributed by atoms with Crippen LogP contribution in [0.25, 0.3) is 21.9 Å². The van der Waals surface area contributed by atoms with Crippen LogP contribution >= 0.6 is 0 Å². The van der Waals surface area contributed by atoms with Crippen LogP contribution in [0.1, 0.15) is 98.3 Å². The summed E-state index contributed by atoms with van der Waals surface area (Å²) in [6, 6.07) is 4.81. The molecule has 2 saturated heterocycles. The molecular formula is C41H46O13. The molecule has 0 amide bonds. The Hall–Kier alpha value is -4.81. The van der Waals surface area contributed by atoms with Crippen LogP contribution in [-0.4, -0.2) is 61.0 Å². The molecule has 13 heteroatoms. The van der Waals surface area contributed by atoms with E-state index < -0.39 is 80.0 Å². The predicted molar refractivity (Wildman–Crippen MR) is 191 cm³/mol. The fraction of sp³-hybridized carbons (Fsp3) is 0.585. The molecule has 2 aromatic carbocycles. The molecule has 1 aromatic heterocycles. The molecule has 4 heterocycles. The van der Waals surface area contributed by atoms with Crippen molar-refractivity contribution in [2.24, 2.45) is 21.7 Å². The van der Waals surface area contributed by atoms with Crippen LogP contribution < -0.4 is 19.6 Å². The summed E-state index contributed by atoms with van der Waals surface area (Å²) in [5, 5.41) is 0.328. The molecule has 13 nitrogen and oxygen atoms in total. The van der Waals surface area contributed by atoms with Gasteiger partial charge in [-0.05, 0) is 71.9 Å². The van der Waals surface area contributed by atoms with E-state index in [1.807, 2.05) is 13.8 Å². The zero-order valence-corrected chi connectivity index (χ0v) is 32.5. The van der Waals surface area contributed by atoms with Gasteiger partial charge in [0.05, 0.1) is 36.0 Å². The highest BCUT2D eigenvalue weighted by atomic mass is 16.7. The van der Waals surface area contributed by atoms with Gasteiger partial charge in [-0.15, -0.1) is 0 Å². The Morgan fingerprint density at radius 1 is 0.704 bits per heavy atom. The van der Waals surface area contributed by atoms with Crippen molar-refractivity contribution in [2.45, 2.75) is 117 Å². The highest BCUT2D eigenvalue weighted by Crippen LogP contribution is 2.68. The first kappa shape index (κ1) is 36.2. The molecule has 8 rings (SSSR count). The maximum absolute atomic E-state index is 14.8. The first-order valence-electron chi connectivity index (χ1n) is 18.3. The summed E-state index contributed by atoms with van der Waals surface area (Å²) in [6.07, 6.45) is -1.64. The Morgan fingerprint density at radius 3 is 1.74 bits per heavy atom. The second kappa shape index (κ2) is 10.7. The maximum Gasteiger partial charge on any atom is 0.351 e. The van der Waals surface area contributed by atoms with Crippen LogP contribution in [0.3, 0.4) is 0 Å². The average molecular weight is 747 g/mol. The summed E-state index contributed by atoms with van der Waals surface area (Å²) in [5.41, 5.74) is -8.05. The molecule has 3 aromatic rings. The smallest absolute Gasteiger partial charge is 0.351 e. The van der Waals surface area contributed by atoms with E-state index in [4.69, 9.17) is 37.6 Å². The largest absolute Gasteiger partial charge is 0.497 e. The summed E-state index contributed by atoms with van der Waals surface area (Å²) in [5.74, 6) is -1.93. The summed E-state index contributed by atoms with van der Waals surface area (Å²) in [4.78, 5) is 70.3. The van der Waals surface area contributed by atoms with Gasteiger partial charge in [-0.1, -0.05) is 27.7 Å². The molecule has 4 bridgehead atoms. The standard InChI is InChI=1S/C41H46O13/c1-19-16-20(47-10)17-22-24(19)27(42)25-21(48-11)18-23-26(28(25)49-22)29(50-33(45)40-14-12-38(8,31(43)53-40)36(40,4)5)30(35(2,3)52-23)51-34(46)41-15-13-39(9,32(44)54-41)37(41,6)7/h16-18,29-30H,12-15H2,1-11H3/t29-,30-,38+,39+,40?,41?/m1/s1. The third kappa shape index (κ3) is 4.02. The van der Waals surface area contributed by atoms with Gasteiger partial charge in [0.25, 0.3) is 0 Å². The van der Waals surface area contributed by atoms with Gasteiger partial charge in [0.2, 0.25) is 16.6 Å². The molecule has 288 valence electrons. The number of ether oxygens (including phenoxy) is 7. The van der Waals surface area contributed by atoms with Crippen molar-refractivity contribution in [3.63, 3.8) is 0 Å². The number of carbonyl (C=O) groups excluding carboxylic acids is 4. The van der Waals surface area contributed by atoms with E-state index in [1.165, 1.54) is 20.3 Å². The topological polar surface area (TPSA) is 163 Å². The number of hydrogen-bond acceptors (Lipinski definition) is 13. The molecule has 0 radical (unpaired) electrons. The number of methoxy groups -OCH3 is 2. The van der Waals surface area contributed by atoms with Crippen molar-refractivity contribution in [1.82, 2.24) is 0 Å². The number of aryl methyl sites for hydroxylation is 1. The molecule has 4 fully saturated rings. The van der Waals surface area contributed by atoms with E-state index in [-0.39, 0.29) is 51.8 Å². The van der Waals surface area contributed by atoms with Gasteiger partial charge < -0.3 is 37.6 Å². The van der Waals surface area contributed by atoms with E-state index in [1.54, 1.807) is 60.6 Å². The summed E-state index contributed by atoms with van der Waals surface area (Å²) in [7, 11) is 2.91.